The van der Waals surface area contributed by atoms with Crippen LogP contribution in [0.3, 0.4) is 0 Å². The Morgan fingerprint density at radius 3 is 2.38 bits per heavy atom. The summed E-state index contributed by atoms with van der Waals surface area (Å²) in [6.07, 6.45) is -3.54. The van der Waals surface area contributed by atoms with E-state index >= 15 is 0 Å². The molecule has 4 aromatic rings. The molecular weight excluding hydrogens is 551 g/mol. The second-order valence-electron chi connectivity index (χ2n) is 10.0. The van der Waals surface area contributed by atoms with Crippen molar-refractivity contribution in [3.05, 3.63) is 65.2 Å². The number of ether oxygens (including phenoxy) is 1. The summed E-state index contributed by atoms with van der Waals surface area (Å²) in [6.45, 7) is 0.517. The molecule has 0 radical (unpaired) electrons. The van der Waals surface area contributed by atoms with Crippen molar-refractivity contribution in [2.75, 3.05) is 26.0 Å². The van der Waals surface area contributed by atoms with Gasteiger partial charge in [-0.15, -0.1) is 0 Å². The molecule has 1 aliphatic rings. The van der Waals surface area contributed by atoms with Crippen LogP contribution in [-0.4, -0.2) is 49.2 Å². The van der Waals surface area contributed by atoms with Gasteiger partial charge in [0, 0.05) is 18.2 Å². The van der Waals surface area contributed by atoms with E-state index in [0.29, 0.717) is 24.0 Å². The molecule has 42 heavy (non-hydrogen) atoms. The summed E-state index contributed by atoms with van der Waals surface area (Å²) in [5.41, 5.74) is 1.31. The number of hydrogen-bond acceptors (Lipinski definition) is 7. The van der Waals surface area contributed by atoms with Gasteiger partial charge in [0.2, 0.25) is 5.71 Å². The predicted octanol–water partition coefficient (Wildman–Crippen LogP) is 5.60. The number of hydrogen-bond donors (Lipinski definition) is 3. The Bertz CT molecular complexity index is 1740. The molecule has 2 aromatic carbocycles. The number of rotatable bonds is 8. The normalized spacial score (nSPS) is 13.7. The topological polar surface area (TPSA) is 129 Å². The SMILES string of the molecule is CNC(=O)c1c(-c2ccc(C)cc2)oc2nc(NCC(F)(F)F)c(-c3ccc(OC)c(C(=O)NC4(C#N)CC4)c3)cc12. The minimum absolute atomic E-state index is 0.0474. The number of nitrogens with one attached hydrogen (secondary N) is 3. The molecule has 2 aromatic heterocycles. The van der Waals surface area contributed by atoms with Gasteiger partial charge in [0.15, 0.2) is 0 Å². The molecule has 216 valence electrons. The molecule has 1 aliphatic carbocycles. The van der Waals surface area contributed by atoms with Crippen LogP contribution in [0.5, 0.6) is 5.75 Å². The van der Waals surface area contributed by atoms with Crippen LogP contribution in [0, 0.1) is 18.3 Å². The zero-order valence-corrected chi connectivity index (χ0v) is 22.9. The summed E-state index contributed by atoms with van der Waals surface area (Å²) in [6, 6.07) is 15.3. The van der Waals surface area contributed by atoms with Gasteiger partial charge < -0.3 is 25.1 Å². The van der Waals surface area contributed by atoms with Crippen LogP contribution in [0.1, 0.15) is 39.1 Å². The Balaban J connectivity index is 1.70. The molecule has 0 aliphatic heterocycles. The van der Waals surface area contributed by atoms with E-state index < -0.39 is 30.1 Å². The maximum atomic E-state index is 13.3. The van der Waals surface area contributed by atoms with Gasteiger partial charge in [-0.3, -0.25) is 9.59 Å². The summed E-state index contributed by atoms with van der Waals surface area (Å²) in [5.74, 6) is -0.798. The number of aryl methyl sites for hydroxylation is 1. The number of carbonyl (C=O) groups excluding carboxylic acids is 2. The van der Waals surface area contributed by atoms with Crippen molar-refractivity contribution in [3.63, 3.8) is 0 Å². The lowest BCUT2D eigenvalue weighted by atomic mass is 9.99. The summed E-state index contributed by atoms with van der Waals surface area (Å²) >= 11 is 0. The Hall–Kier alpha value is -5.05. The van der Waals surface area contributed by atoms with Crippen molar-refractivity contribution in [2.24, 2.45) is 0 Å². The molecule has 5 rings (SSSR count). The standard InChI is InChI=1S/C30H26F3N5O4/c1-16-4-6-17(7-5-16)24-23(27(40)35-2)21-13-19(25(37-28(21)42-24)36-15-30(31,32)33)18-8-9-22(41-3)20(12-18)26(39)38-29(14-34)10-11-29/h4-9,12-13H,10-11,15H2,1-3H3,(H,35,40)(H,36,37)(H,38,39). The molecule has 2 amide bonds. The van der Waals surface area contributed by atoms with Crippen LogP contribution >= 0.6 is 0 Å². The van der Waals surface area contributed by atoms with Crippen LogP contribution in [-0.2, 0) is 0 Å². The second-order valence-corrected chi connectivity index (χ2v) is 10.0. The highest BCUT2D eigenvalue weighted by molar-refractivity contribution is 6.12. The van der Waals surface area contributed by atoms with Crippen LogP contribution in [0.4, 0.5) is 19.0 Å². The zero-order valence-electron chi connectivity index (χ0n) is 22.9. The summed E-state index contributed by atoms with van der Waals surface area (Å²) in [4.78, 5) is 30.6. The number of nitrogens with zero attached hydrogens (tertiary/aromatic N) is 2. The van der Waals surface area contributed by atoms with Gasteiger partial charge in [-0.25, -0.2) is 0 Å². The fourth-order valence-electron chi connectivity index (χ4n) is 4.55. The molecule has 9 nitrogen and oxygen atoms in total. The number of furan rings is 1. The third kappa shape index (κ3) is 5.58. The monoisotopic (exact) mass is 577 g/mol. The number of pyridine rings is 1. The molecule has 1 fully saturated rings. The largest absolute Gasteiger partial charge is 0.496 e. The first-order chi connectivity index (χ1) is 20.0. The average molecular weight is 578 g/mol. The number of methoxy groups -OCH3 is 1. The first-order valence-electron chi connectivity index (χ1n) is 13.0. The third-order valence-electron chi connectivity index (χ3n) is 6.98. The molecule has 3 N–H and O–H groups in total. The molecular formula is C30H26F3N5O4. The van der Waals surface area contributed by atoms with Crippen molar-refractivity contribution in [1.29, 1.82) is 5.26 Å². The van der Waals surface area contributed by atoms with Gasteiger partial charge >= 0.3 is 6.18 Å². The number of anilines is 1. The minimum Gasteiger partial charge on any atom is -0.496 e. The number of aromatic nitrogens is 1. The van der Waals surface area contributed by atoms with E-state index in [1.165, 1.54) is 32.4 Å². The van der Waals surface area contributed by atoms with Gasteiger partial charge in [0.25, 0.3) is 11.8 Å². The first kappa shape index (κ1) is 28.5. The number of alkyl halides is 3. The Kier molecular flexibility index (Phi) is 7.28. The number of nitriles is 1. The van der Waals surface area contributed by atoms with Gasteiger partial charge in [0.1, 0.15) is 29.4 Å². The van der Waals surface area contributed by atoms with Crippen molar-refractivity contribution in [1.82, 2.24) is 15.6 Å². The smallest absolute Gasteiger partial charge is 0.405 e. The molecule has 2 heterocycles. The number of fused-ring (bicyclic) bond motifs is 1. The van der Waals surface area contributed by atoms with Crippen molar-refractivity contribution < 1.29 is 31.9 Å². The van der Waals surface area contributed by atoms with E-state index in [1.807, 2.05) is 19.1 Å². The van der Waals surface area contributed by atoms with E-state index in [1.54, 1.807) is 18.2 Å². The van der Waals surface area contributed by atoms with Gasteiger partial charge in [-0.05, 0) is 43.5 Å². The Morgan fingerprint density at radius 1 is 1.10 bits per heavy atom. The van der Waals surface area contributed by atoms with Crippen LogP contribution < -0.4 is 20.7 Å². The minimum atomic E-state index is -4.56. The average Bonchev–Trinajstić information content (AvgIpc) is 3.65. The lowest BCUT2D eigenvalue weighted by Crippen LogP contribution is -2.35. The summed E-state index contributed by atoms with van der Waals surface area (Å²) in [5, 5.41) is 17.3. The zero-order chi connectivity index (χ0) is 30.2. The predicted molar refractivity (Wildman–Crippen MR) is 149 cm³/mol. The lowest BCUT2D eigenvalue weighted by molar-refractivity contribution is -0.115. The van der Waals surface area contributed by atoms with E-state index in [2.05, 4.69) is 27.0 Å². The number of carbonyl (C=O) groups is 2. The maximum absolute atomic E-state index is 13.3. The molecule has 0 bridgehead atoms. The highest BCUT2D eigenvalue weighted by Gasteiger charge is 2.45. The maximum Gasteiger partial charge on any atom is 0.405 e. The number of amides is 2. The van der Waals surface area contributed by atoms with E-state index in [4.69, 9.17) is 9.15 Å². The Labute approximate surface area is 238 Å². The Morgan fingerprint density at radius 2 is 1.79 bits per heavy atom. The van der Waals surface area contributed by atoms with Gasteiger partial charge in [-0.1, -0.05) is 35.9 Å². The van der Waals surface area contributed by atoms with Crippen molar-refractivity contribution >= 4 is 28.7 Å². The van der Waals surface area contributed by atoms with E-state index in [9.17, 15) is 28.0 Å². The molecule has 0 unspecified atom stereocenters. The highest BCUT2D eigenvalue weighted by Crippen LogP contribution is 2.40. The third-order valence-corrected chi connectivity index (χ3v) is 6.98. The molecule has 0 atom stereocenters. The summed E-state index contributed by atoms with van der Waals surface area (Å²) < 4.78 is 51.1. The fraction of sp³-hybridized carbons (Fsp3) is 0.267. The van der Waals surface area contributed by atoms with Crippen molar-refractivity contribution in [2.45, 2.75) is 31.5 Å². The lowest BCUT2D eigenvalue weighted by Gasteiger charge is -2.16. The van der Waals surface area contributed by atoms with Gasteiger partial charge in [0.05, 0.1) is 29.7 Å². The van der Waals surface area contributed by atoms with Crippen molar-refractivity contribution in [3.8, 4) is 34.3 Å². The van der Waals surface area contributed by atoms with E-state index in [0.717, 1.165) is 5.56 Å². The molecule has 12 heteroatoms. The van der Waals surface area contributed by atoms with Crippen LogP contribution in [0.25, 0.3) is 33.6 Å². The fourth-order valence-corrected chi connectivity index (χ4v) is 4.55. The number of halogens is 3. The van der Waals surface area contributed by atoms with Gasteiger partial charge in [-0.2, -0.15) is 23.4 Å². The first-order valence-corrected chi connectivity index (χ1v) is 13.0. The summed E-state index contributed by atoms with van der Waals surface area (Å²) in [7, 11) is 2.83. The quantitative estimate of drug-likeness (QED) is 0.249. The molecule has 0 saturated heterocycles. The van der Waals surface area contributed by atoms with Crippen LogP contribution in [0.2, 0.25) is 0 Å². The molecule has 1 saturated carbocycles. The van der Waals surface area contributed by atoms with Crippen LogP contribution in [0.15, 0.2) is 52.9 Å². The van der Waals surface area contributed by atoms with E-state index in [-0.39, 0.29) is 45.1 Å². The highest BCUT2D eigenvalue weighted by atomic mass is 19.4. The second kappa shape index (κ2) is 10.7. The molecule has 0 spiro atoms. The number of benzene rings is 2.